The molecule has 0 aliphatic heterocycles. The Kier molecular flexibility index (Phi) is 7.71. The minimum Gasteiger partial charge on any atom is -0.493 e. The van der Waals surface area contributed by atoms with E-state index in [9.17, 15) is 19.3 Å². The maximum absolute atomic E-state index is 13.0. The molecule has 2 aromatic carbocycles. The van der Waals surface area contributed by atoms with Crippen LogP contribution in [0.2, 0.25) is 5.02 Å². The van der Waals surface area contributed by atoms with E-state index >= 15 is 0 Å². The van der Waals surface area contributed by atoms with E-state index in [-0.39, 0.29) is 28.8 Å². The number of hydrogen-bond donors (Lipinski definition) is 2. The van der Waals surface area contributed by atoms with Gasteiger partial charge >= 0.3 is 0 Å². The first kappa shape index (κ1) is 23.4. The van der Waals surface area contributed by atoms with E-state index in [1.54, 1.807) is 12.1 Å². The van der Waals surface area contributed by atoms with Gasteiger partial charge < -0.3 is 14.8 Å². The summed E-state index contributed by atoms with van der Waals surface area (Å²) < 4.78 is 23.8. The molecule has 0 spiro atoms. The van der Waals surface area contributed by atoms with Crippen LogP contribution in [0, 0.1) is 15.9 Å². The van der Waals surface area contributed by atoms with Crippen LogP contribution in [0.5, 0.6) is 11.5 Å². The summed E-state index contributed by atoms with van der Waals surface area (Å²) in [6, 6.07) is 11.1. The number of pyridine rings is 1. The van der Waals surface area contributed by atoms with Crippen LogP contribution in [0.4, 0.5) is 21.6 Å². The zero-order valence-corrected chi connectivity index (χ0v) is 17.9. The Morgan fingerprint density at radius 3 is 2.67 bits per heavy atom. The molecule has 1 heterocycles. The van der Waals surface area contributed by atoms with Crippen molar-refractivity contribution >= 4 is 40.9 Å². The van der Waals surface area contributed by atoms with Gasteiger partial charge in [-0.2, -0.15) is 5.10 Å². The average molecular weight is 474 g/mol. The van der Waals surface area contributed by atoms with Crippen molar-refractivity contribution < 1.29 is 23.6 Å². The van der Waals surface area contributed by atoms with E-state index in [4.69, 9.17) is 21.1 Å². The van der Waals surface area contributed by atoms with Crippen molar-refractivity contribution in [2.24, 2.45) is 5.10 Å². The number of hydrazone groups is 1. The second-order valence-corrected chi connectivity index (χ2v) is 6.81. The largest absolute Gasteiger partial charge is 0.493 e. The fourth-order valence-electron chi connectivity index (χ4n) is 2.56. The molecule has 3 rings (SSSR count). The van der Waals surface area contributed by atoms with Gasteiger partial charge in [0.1, 0.15) is 17.8 Å². The van der Waals surface area contributed by atoms with Gasteiger partial charge in [-0.25, -0.2) is 9.37 Å². The van der Waals surface area contributed by atoms with Crippen LogP contribution in [0.15, 0.2) is 59.8 Å². The molecule has 0 aliphatic rings. The Hall–Kier alpha value is -4.25. The maximum atomic E-state index is 13.0. The number of nitro groups is 1. The third-order valence-corrected chi connectivity index (χ3v) is 4.36. The van der Waals surface area contributed by atoms with E-state index < -0.39 is 16.6 Å². The Balaban J connectivity index is 1.62. The summed E-state index contributed by atoms with van der Waals surface area (Å²) in [5.74, 6) is -0.140. The molecule has 0 saturated heterocycles. The van der Waals surface area contributed by atoms with E-state index in [2.05, 4.69) is 20.8 Å². The van der Waals surface area contributed by atoms with Crippen LogP contribution in [0.25, 0.3) is 0 Å². The zero-order valence-electron chi connectivity index (χ0n) is 17.1. The quantitative estimate of drug-likeness (QED) is 0.270. The summed E-state index contributed by atoms with van der Waals surface area (Å²) in [6.07, 6.45) is 2.54. The van der Waals surface area contributed by atoms with Crippen LogP contribution in [-0.2, 0) is 4.79 Å². The van der Waals surface area contributed by atoms with Crippen LogP contribution in [0.3, 0.4) is 0 Å². The molecular formula is C21H17ClFN5O5. The fraction of sp³-hybridized carbons (Fsp3) is 0.0952. The molecule has 0 atom stereocenters. The third-order valence-electron chi connectivity index (χ3n) is 4.08. The minimum absolute atomic E-state index is 0.136. The van der Waals surface area contributed by atoms with Gasteiger partial charge in [-0.3, -0.25) is 20.3 Å². The van der Waals surface area contributed by atoms with Crippen LogP contribution >= 0.6 is 11.6 Å². The van der Waals surface area contributed by atoms with Crippen molar-refractivity contribution in [1.29, 1.82) is 0 Å². The Labute approximate surface area is 192 Å². The lowest BCUT2D eigenvalue weighted by atomic mass is 10.2. The number of nitrogens with one attached hydrogen (secondary N) is 2. The summed E-state index contributed by atoms with van der Waals surface area (Å²) in [5, 5.41) is 17.4. The van der Waals surface area contributed by atoms with E-state index in [0.29, 0.717) is 17.1 Å². The van der Waals surface area contributed by atoms with E-state index in [1.165, 1.54) is 49.7 Å². The Morgan fingerprint density at radius 2 is 2.03 bits per heavy atom. The number of halogens is 2. The number of amides is 1. The van der Waals surface area contributed by atoms with Crippen molar-refractivity contribution in [1.82, 2.24) is 4.98 Å². The summed E-state index contributed by atoms with van der Waals surface area (Å²) in [6.45, 7) is -0.353. The van der Waals surface area contributed by atoms with Crippen LogP contribution < -0.4 is 20.2 Å². The molecule has 1 amide bonds. The van der Waals surface area contributed by atoms with Gasteiger partial charge in [-0.05, 0) is 48.0 Å². The lowest BCUT2D eigenvalue weighted by molar-refractivity contribution is -0.385. The molecule has 0 saturated carbocycles. The molecule has 3 aromatic rings. The van der Waals surface area contributed by atoms with Gasteiger partial charge in [0.05, 0.1) is 23.3 Å². The van der Waals surface area contributed by atoms with E-state index in [1.807, 2.05) is 0 Å². The molecule has 0 aliphatic carbocycles. The topological polar surface area (TPSA) is 128 Å². The summed E-state index contributed by atoms with van der Waals surface area (Å²) in [5.41, 5.74) is 3.48. The molecule has 170 valence electrons. The van der Waals surface area contributed by atoms with Crippen molar-refractivity contribution in [2.75, 3.05) is 24.5 Å². The normalized spacial score (nSPS) is 10.6. The van der Waals surface area contributed by atoms with Gasteiger partial charge in [-0.15, -0.1) is 0 Å². The van der Waals surface area contributed by atoms with Gasteiger partial charge in [-0.1, -0.05) is 11.6 Å². The number of carbonyl (C=O) groups excluding carboxylic acids is 1. The highest BCUT2D eigenvalue weighted by molar-refractivity contribution is 6.32. The number of carbonyl (C=O) groups is 1. The molecule has 0 radical (unpaired) electrons. The standard InChI is InChI=1S/C21H17ClFN5O5/c1-32-18-9-13(10-25-27-19-7-6-16(11-24-19)28(30)31)8-17(22)21(18)33-12-20(29)26-15-4-2-14(23)3-5-15/h2-11H,12H2,1H3,(H,24,27)(H,26,29)/b25-10+. The maximum Gasteiger partial charge on any atom is 0.287 e. The molecule has 0 bridgehead atoms. The number of methoxy groups -OCH3 is 1. The first-order chi connectivity index (χ1) is 15.9. The molecule has 1 aromatic heterocycles. The van der Waals surface area contributed by atoms with Gasteiger partial charge in [0.15, 0.2) is 18.1 Å². The van der Waals surface area contributed by atoms with Gasteiger partial charge in [0, 0.05) is 11.8 Å². The molecule has 10 nitrogen and oxygen atoms in total. The number of nitrogens with zero attached hydrogens (tertiary/aromatic N) is 3. The number of benzene rings is 2. The monoisotopic (exact) mass is 473 g/mol. The summed E-state index contributed by atoms with van der Waals surface area (Å²) >= 11 is 6.28. The first-order valence-corrected chi connectivity index (χ1v) is 9.69. The summed E-state index contributed by atoms with van der Waals surface area (Å²) in [7, 11) is 1.41. The zero-order chi connectivity index (χ0) is 23.8. The predicted octanol–water partition coefficient (Wildman–Crippen LogP) is 4.25. The second-order valence-electron chi connectivity index (χ2n) is 6.41. The van der Waals surface area contributed by atoms with Crippen molar-refractivity contribution in [3.63, 3.8) is 0 Å². The molecule has 0 fully saturated rings. The Morgan fingerprint density at radius 1 is 1.27 bits per heavy atom. The number of rotatable bonds is 9. The molecular weight excluding hydrogens is 457 g/mol. The summed E-state index contributed by atoms with van der Waals surface area (Å²) in [4.78, 5) is 26.1. The average Bonchev–Trinajstić information content (AvgIpc) is 2.80. The Bertz CT molecular complexity index is 1170. The number of ether oxygens (including phenoxy) is 2. The van der Waals surface area contributed by atoms with Crippen molar-refractivity contribution in [2.45, 2.75) is 0 Å². The fourth-order valence-corrected chi connectivity index (χ4v) is 2.83. The lowest BCUT2D eigenvalue weighted by Gasteiger charge is -2.13. The predicted molar refractivity (Wildman–Crippen MR) is 121 cm³/mol. The SMILES string of the molecule is COc1cc(/C=N/Nc2ccc([N+](=O)[O-])cn2)cc(Cl)c1OCC(=O)Nc1ccc(F)cc1. The molecule has 33 heavy (non-hydrogen) atoms. The minimum atomic E-state index is -0.551. The van der Waals surface area contributed by atoms with Gasteiger partial charge in [0.25, 0.3) is 11.6 Å². The van der Waals surface area contributed by atoms with Crippen molar-refractivity contribution in [3.8, 4) is 11.5 Å². The highest BCUT2D eigenvalue weighted by atomic mass is 35.5. The van der Waals surface area contributed by atoms with Crippen LogP contribution in [-0.4, -0.2) is 35.7 Å². The van der Waals surface area contributed by atoms with Gasteiger partial charge in [0.2, 0.25) is 0 Å². The number of anilines is 2. The third kappa shape index (κ3) is 6.61. The van der Waals surface area contributed by atoms with Crippen molar-refractivity contribution in [3.05, 3.63) is 81.2 Å². The second kappa shape index (κ2) is 10.9. The number of aromatic nitrogens is 1. The molecule has 2 N–H and O–H groups in total. The molecule has 12 heteroatoms. The van der Waals surface area contributed by atoms with Crippen LogP contribution in [0.1, 0.15) is 5.56 Å². The highest BCUT2D eigenvalue weighted by Gasteiger charge is 2.14. The first-order valence-electron chi connectivity index (χ1n) is 9.31. The lowest BCUT2D eigenvalue weighted by Crippen LogP contribution is -2.20. The highest BCUT2D eigenvalue weighted by Crippen LogP contribution is 2.36. The molecule has 0 unspecified atom stereocenters. The smallest absolute Gasteiger partial charge is 0.287 e. The van der Waals surface area contributed by atoms with E-state index in [0.717, 1.165) is 6.20 Å². The number of hydrogen-bond acceptors (Lipinski definition) is 8.